The lowest BCUT2D eigenvalue weighted by atomic mass is 10.0. The maximum Gasteiger partial charge on any atom is 0.267 e. The van der Waals surface area contributed by atoms with Gasteiger partial charge in [-0.1, -0.05) is 42.5 Å². The summed E-state index contributed by atoms with van der Waals surface area (Å²) in [6.45, 7) is 2.30. The Balaban J connectivity index is 1.75. The van der Waals surface area contributed by atoms with E-state index in [1.165, 1.54) is 10.8 Å². The first-order valence-electron chi connectivity index (χ1n) is 10.8. The second kappa shape index (κ2) is 8.43. The van der Waals surface area contributed by atoms with Crippen molar-refractivity contribution in [3.05, 3.63) is 90.8 Å². The van der Waals surface area contributed by atoms with Crippen molar-refractivity contribution in [1.82, 2.24) is 9.55 Å². The summed E-state index contributed by atoms with van der Waals surface area (Å²) in [5.74, 6) is 0.235. The fraction of sp³-hybridized carbons (Fsp3) is 0.111. The van der Waals surface area contributed by atoms with Gasteiger partial charge in [0.25, 0.3) is 5.91 Å². The van der Waals surface area contributed by atoms with Crippen LogP contribution in [0.2, 0.25) is 0 Å². The molecule has 0 amide bonds. The van der Waals surface area contributed by atoms with Crippen LogP contribution >= 0.6 is 0 Å². The molecular weight excluding hydrogens is 448 g/mol. The van der Waals surface area contributed by atoms with Crippen LogP contribution in [-0.2, 0) is 9.84 Å². The van der Waals surface area contributed by atoms with Crippen molar-refractivity contribution in [3.63, 3.8) is 0 Å². The molecule has 0 spiro atoms. The predicted octanol–water partition coefficient (Wildman–Crippen LogP) is 5.35. The molecule has 2 heterocycles. The molecule has 6 nitrogen and oxygen atoms in total. The van der Waals surface area contributed by atoms with Crippen molar-refractivity contribution >= 4 is 37.6 Å². The second-order valence-electron chi connectivity index (χ2n) is 7.99. The molecule has 0 fully saturated rings. The molecule has 0 aliphatic carbocycles. The number of nitrogens with zero attached hydrogens (tertiary/aromatic N) is 2. The van der Waals surface area contributed by atoms with Gasteiger partial charge in [0.2, 0.25) is 0 Å². The topological polar surface area (TPSA) is 78.3 Å². The molecule has 0 bridgehead atoms. The van der Waals surface area contributed by atoms with Gasteiger partial charge < -0.3 is 4.74 Å². The molecular formula is C27H22N2O4S. The number of hydrogen-bond acceptors (Lipinski definition) is 5. The molecule has 0 radical (unpaired) electrons. The molecule has 7 heteroatoms. The average molecular weight is 471 g/mol. The third-order valence-corrected chi connectivity index (χ3v) is 6.87. The SMILES string of the molecule is CCOc1ccc2ccccc2c1C(=O)n1cc(-c2cccc(S(C)(=O)=O)c2)c2cccnc21. The van der Waals surface area contributed by atoms with Crippen molar-refractivity contribution in [2.45, 2.75) is 11.8 Å². The third-order valence-electron chi connectivity index (χ3n) is 5.76. The van der Waals surface area contributed by atoms with Gasteiger partial charge >= 0.3 is 0 Å². The van der Waals surface area contributed by atoms with Crippen LogP contribution in [0.1, 0.15) is 17.3 Å². The quantitative estimate of drug-likeness (QED) is 0.346. The number of benzene rings is 3. The van der Waals surface area contributed by atoms with Crippen LogP contribution < -0.4 is 4.74 Å². The van der Waals surface area contributed by atoms with E-state index < -0.39 is 9.84 Å². The Hall–Kier alpha value is -3.97. The van der Waals surface area contributed by atoms with Gasteiger partial charge in [-0.25, -0.2) is 13.4 Å². The highest BCUT2D eigenvalue weighted by molar-refractivity contribution is 7.90. The molecule has 0 saturated carbocycles. The number of carbonyl (C=O) groups is 1. The summed E-state index contributed by atoms with van der Waals surface area (Å²) in [5.41, 5.74) is 2.36. The van der Waals surface area contributed by atoms with Crippen molar-refractivity contribution in [1.29, 1.82) is 0 Å². The first kappa shape index (κ1) is 21.9. The zero-order valence-corrected chi connectivity index (χ0v) is 19.5. The molecule has 0 N–H and O–H groups in total. The summed E-state index contributed by atoms with van der Waals surface area (Å²) in [6.07, 6.45) is 4.53. The Labute approximate surface area is 197 Å². The molecule has 5 rings (SSSR count). The van der Waals surface area contributed by atoms with Gasteiger partial charge in [-0.3, -0.25) is 9.36 Å². The molecule has 0 aliphatic heterocycles. The van der Waals surface area contributed by atoms with Gasteiger partial charge in [0, 0.05) is 29.6 Å². The fourth-order valence-corrected chi connectivity index (χ4v) is 4.87. The van der Waals surface area contributed by atoms with E-state index in [-0.39, 0.29) is 10.8 Å². The smallest absolute Gasteiger partial charge is 0.267 e. The van der Waals surface area contributed by atoms with Crippen molar-refractivity contribution in [2.75, 3.05) is 12.9 Å². The van der Waals surface area contributed by atoms with Crippen LogP contribution in [0.15, 0.2) is 90.1 Å². The lowest BCUT2D eigenvalue weighted by Gasteiger charge is -2.13. The zero-order valence-electron chi connectivity index (χ0n) is 18.7. The Morgan fingerprint density at radius 1 is 0.971 bits per heavy atom. The molecule has 0 saturated heterocycles. The largest absolute Gasteiger partial charge is 0.493 e. The maximum absolute atomic E-state index is 14.0. The molecule has 5 aromatic rings. The van der Waals surface area contributed by atoms with Gasteiger partial charge in [0.1, 0.15) is 11.4 Å². The van der Waals surface area contributed by atoms with Gasteiger partial charge in [-0.15, -0.1) is 0 Å². The number of pyridine rings is 1. The average Bonchev–Trinajstić information content (AvgIpc) is 3.23. The highest BCUT2D eigenvalue weighted by atomic mass is 32.2. The first-order chi connectivity index (χ1) is 16.4. The number of aromatic nitrogens is 2. The number of carbonyl (C=O) groups excluding carboxylic acids is 1. The number of fused-ring (bicyclic) bond motifs is 2. The van der Waals surface area contributed by atoms with Gasteiger partial charge in [-0.2, -0.15) is 0 Å². The standard InChI is InChI=1S/C27H22N2O4S/c1-3-33-24-14-13-18-8-4-5-11-21(18)25(24)27(30)29-17-23(22-12-7-15-28-26(22)29)19-9-6-10-20(16-19)34(2,31)32/h4-17H,3H2,1-2H3. The Morgan fingerprint density at radius 3 is 2.56 bits per heavy atom. The Bertz CT molecular complexity index is 1670. The summed E-state index contributed by atoms with van der Waals surface area (Å²) >= 11 is 0. The fourth-order valence-electron chi connectivity index (χ4n) is 4.21. The van der Waals surface area contributed by atoms with Gasteiger partial charge in [0.05, 0.1) is 17.1 Å². The van der Waals surface area contributed by atoms with Gasteiger partial charge in [-0.05, 0) is 53.6 Å². The van der Waals surface area contributed by atoms with E-state index in [4.69, 9.17) is 4.74 Å². The highest BCUT2D eigenvalue weighted by Gasteiger charge is 2.23. The van der Waals surface area contributed by atoms with E-state index in [1.807, 2.05) is 55.5 Å². The minimum atomic E-state index is -3.38. The summed E-state index contributed by atoms with van der Waals surface area (Å²) in [7, 11) is -3.38. The molecule has 0 atom stereocenters. The van der Waals surface area contributed by atoms with E-state index in [9.17, 15) is 13.2 Å². The maximum atomic E-state index is 14.0. The summed E-state index contributed by atoms with van der Waals surface area (Å²) in [5, 5.41) is 2.47. The number of sulfone groups is 1. The van der Waals surface area contributed by atoms with E-state index in [0.717, 1.165) is 21.7 Å². The second-order valence-corrected chi connectivity index (χ2v) is 10.0. The monoisotopic (exact) mass is 470 g/mol. The lowest BCUT2D eigenvalue weighted by molar-refractivity contribution is 0.0962. The molecule has 2 aromatic heterocycles. The van der Waals surface area contributed by atoms with Crippen LogP contribution in [0.5, 0.6) is 5.75 Å². The van der Waals surface area contributed by atoms with Gasteiger partial charge in [0.15, 0.2) is 9.84 Å². The molecule has 0 aliphatic rings. The number of rotatable bonds is 5. The summed E-state index contributed by atoms with van der Waals surface area (Å²) < 4.78 is 31.6. The zero-order chi connectivity index (χ0) is 23.9. The number of ether oxygens (including phenoxy) is 1. The minimum Gasteiger partial charge on any atom is -0.493 e. The van der Waals surface area contributed by atoms with Crippen LogP contribution in [0.3, 0.4) is 0 Å². The lowest BCUT2D eigenvalue weighted by Crippen LogP contribution is -2.14. The molecule has 0 unspecified atom stereocenters. The molecule has 170 valence electrons. The van der Waals surface area contributed by atoms with Crippen molar-refractivity contribution < 1.29 is 17.9 Å². The normalized spacial score (nSPS) is 11.7. The first-order valence-corrected chi connectivity index (χ1v) is 12.7. The Kier molecular flexibility index (Phi) is 5.42. The highest BCUT2D eigenvalue weighted by Crippen LogP contribution is 2.34. The molecule has 34 heavy (non-hydrogen) atoms. The van der Waals surface area contributed by atoms with Crippen molar-refractivity contribution in [3.8, 4) is 16.9 Å². The Morgan fingerprint density at radius 2 is 1.76 bits per heavy atom. The minimum absolute atomic E-state index is 0.216. The van der Waals surface area contributed by atoms with E-state index >= 15 is 0 Å². The predicted molar refractivity (Wildman–Crippen MR) is 133 cm³/mol. The van der Waals surface area contributed by atoms with E-state index in [1.54, 1.807) is 36.7 Å². The molecule has 3 aromatic carbocycles. The van der Waals surface area contributed by atoms with Crippen LogP contribution in [0.25, 0.3) is 32.9 Å². The third kappa shape index (κ3) is 3.74. The van der Waals surface area contributed by atoms with Crippen LogP contribution in [0.4, 0.5) is 0 Å². The van der Waals surface area contributed by atoms with Crippen molar-refractivity contribution in [2.24, 2.45) is 0 Å². The summed E-state index contributed by atoms with van der Waals surface area (Å²) in [6, 6.07) is 21.8. The number of hydrogen-bond donors (Lipinski definition) is 0. The van der Waals surface area contributed by atoms with Crippen LogP contribution in [-0.4, -0.2) is 36.7 Å². The van der Waals surface area contributed by atoms with E-state index in [2.05, 4.69) is 4.98 Å². The van der Waals surface area contributed by atoms with Crippen LogP contribution in [0, 0.1) is 0 Å². The van der Waals surface area contributed by atoms with E-state index in [0.29, 0.717) is 29.1 Å². The summed E-state index contributed by atoms with van der Waals surface area (Å²) in [4.78, 5) is 18.7.